The lowest BCUT2D eigenvalue weighted by molar-refractivity contribution is -0.120. The molecule has 0 aliphatic carbocycles. The van der Waals surface area contributed by atoms with Gasteiger partial charge in [-0.2, -0.15) is 4.31 Å². The van der Waals surface area contributed by atoms with Crippen LogP contribution in [0, 0.1) is 0 Å². The lowest BCUT2D eigenvalue weighted by atomic mass is 10.1. The molecule has 0 amide bonds. The minimum Gasteiger partial charge on any atom is -0.300 e. The van der Waals surface area contributed by atoms with Crippen LogP contribution in [-0.4, -0.2) is 31.6 Å². The molecule has 0 aromatic heterocycles. The Morgan fingerprint density at radius 1 is 1.31 bits per heavy atom. The van der Waals surface area contributed by atoms with E-state index in [0.29, 0.717) is 0 Å². The number of sulfonamides is 1. The van der Waals surface area contributed by atoms with Gasteiger partial charge in [0, 0.05) is 25.9 Å². The van der Waals surface area contributed by atoms with Crippen LogP contribution >= 0.6 is 0 Å². The second kappa shape index (κ2) is 5.23. The third-order valence-corrected chi connectivity index (χ3v) is 4.21. The highest BCUT2D eigenvalue weighted by atomic mass is 32.2. The van der Waals surface area contributed by atoms with Gasteiger partial charge in [0.15, 0.2) is 0 Å². The minimum atomic E-state index is -3.51. The normalized spacial score (nSPS) is 18.9. The van der Waals surface area contributed by atoms with Crippen molar-refractivity contribution in [1.82, 2.24) is 4.31 Å². The molecule has 0 N–H and O–H groups in total. The van der Waals surface area contributed by atoms with E-state index in [1.165, 1.54) is 22.5 Å². The number of piperidine rings is 1. The molecule has 0 atom stereocenters. The predicted molar refractivity (Wildman–Crippen MR) is 63.2 cm³/mol. The predicted octanol–water partition coefficient (Wildman–Crippen LogP) is 1.24. The van der Waals surface area contributed by atoms with Crippen molar-refractivity contribution in [2.75, 3.05) is 13.1 Å². The molecule has 5 heteroatoms. The van der Waals surface area contributed by atoms with Crippen molar-refractivity contribution in [3.8, 4) is 0 Å². The minimum absolute atomic E-state index is 0.0294. The number of Topliss-reactive ketones (excluding diaryl/α,β-unsaturated/α-hetero) is 1. The molecule has 4 nitrogen and oxygen atoms in total. The Bertz CT molecular complexity index is 424. The van der Waals surface area contributed by atoms with Crippen LogP contribution in [0.15, 0.2) is 36.3 Å². The van der Waals surface area contributed by atoms with E-state index < -0.39 is 10.0 Å². The van der Waals surface area contributed by atoms with Crippen molar-refractivity contribution in [2.45, 2.75) is 12.8 Å². The first-order chi connectivity index (χ1) is 7.48. The number of carbonyl (C=O) groups is 1. The van der Waals surface area contributed by atoms with Crippen LogP contribution in [-0.2, 0) is 14.8 Å². The van der Waals surface area contributed by atoms with Gasteiger partial charge in [0.2, 0.25) is 10.0 Å². The van der Waals surface area contributed by atoms with Gasteiger partial charge < -0.3 is 0 Å². The van der Waals surface area contributed by atoms with E-state index in [1.807, 2.05) is 0 Å². The second-order valence-electron chi connectivity index (χ2n) is 3.50. The molecule has 0 unspecified atom stereocenters. The van der Waals surface area contributed by atoms with E-state index in [2.05, 4.69) is 13.2 Å². The molecule has 16 heavy (non-hydrogen) atoms. The number of carbonyl (C=O) groups excluding carboxylic acids is 1. The average Bonchev–Trinajstić information content (AvgIpc) is 2.26. The first-order valence-electron chi connectivity index (χ1n) is 4.98. The zero-order valence-electron chi connectivity index (χ0n) is 9.05. The molecule has 1 fully saturated rings. The van der Waals surface area contributed by atoms with Gasteiger partial charge in [-0.1, -0.05) is 25.3 Å². The molecule has 1 aliphatic heterocycles. The summed E-state index contributed by atoms with van der Waals surface area (Å²) in [6.45, 7) is 7.47. The van der Waals surface area contributed by atoms with E-state index in [1.54, 1.807) is 0 Å². The van der Waals surface area contributed by atoms with E-state index in [0.717, 1.165) is 0 Å². The quantitative estimate of drug-likeness (QED) is 0.696. The number of hydrogen-bond acceptors (Lipinski definition) is 3. The Morgan fingerprint density at radius 2 is 1.88 bits per heavy atom. The Balaban J connectivity index is 2.78. The molecule has 0 spiro atoms. The fraction of sp³-hybridized carbons (Fsp3) is 0.364. The summed E-state index contributed by atoms with van der Waals surface area (Å²) in [5.41, 5.74) is 0. The maximum atomic E-state index is 11.9. The lowest BCUT2D eigenvalue weighted by Gasteiger charge is -2.25. The molecule has 0 saturated carbocycles. The number of hydrogen-bond donors (Lipinski definition) is 0. The van der Waals surface area contributed by atoms with Crippen LogP contribution in [0.5, 0.6) is 0 Å². The molecule has 88 valence electrons. The standard InChI is InChI=1S/C11H15NO3S/c1-3-4-5-10(2)16(14,15)12-8-6-11(13)7-9-12/h3-5H,1-2,6-9H2/b5-4-. The van der Waals surface area contributed by atoms with Gasteiger partial charge in [-0.3, -0.25) is 4.79 Å². The van der Waals surface area contributed by atoms with Gasteiger partial charge in [0.25, 0.3) is 0 Å². The zero-order chi connectivity index (χ0) is 12.2. The van der Waals surface area contributed by atoms with Crippen molar-refractivity contribution in [1.29, 1.82) is 0 Å². The second-order valence-corrected chi connectivity index (χ2v) is 5.49. The summed E-state index contributed by atoms with van der Waals surface area (Å²) in [6.07, 6.45) is 4.99. The highest BCUT2D eigenvalue weighted by molar-refractivity contribution is 7.93. The van der Waals surface area contributed by atoms with Crippen LogP contribution in [0.1, 0.15) is 12.8 Å². The zero-order valence-corrected chi connectivity index (χ0v) is 9.87. The van der Waals surface area contributed by atoms with Gasteiger partial charge in [0.1, 0.15) is 5.78 Å². The Morgan fingerprint density at radius 3 is 2.38 bits per heavy atom. The number of nitrogens with zero attached hydrogens (tertiary/aromatic N) is 1. The number of ketones is 1. The fourth-order valence-corrected chi connectivity index (χ4v) is 2.65. The van der Waals surface area contributed by atoms with Gasteiger partial charge in [0.05, 0.1) is 4.91 Å². The monoisotopic (exact) mass is 241 g/mol. The molecule has 0 bridgehead atoms. The van der Waals surface area contributed by atoms with Gasteiger partial charge in [-0.05, 0) is 6.08 Å². The summed E-state index contributed by atoms with van der Waals surface area (Å²) in [5.74, 6) is 0.110. The topological polar surface area (TPSA) is 54.5 Å². The summed E-state index contributed by atoms with van der Waals surface area (Å²) >= 11 is 0. The fourth-order valence-electron chi connectivity index (χ4n) is 1.40. The highest BCUT2D eigenvalue weighted by Gasteiger charge is 2.27. The van der Waals surface area contributed by atoms with Crippen molar-refractivity contribution in [3.63, 3.8) is 0 Å². The molecular formula is C11H15NO3S. The molecule has 1 saturated heterocycles. The lowest BCUT2D eigenvalue weighted by Crippen LogP contribution is -2.38. The highest BCUT2D eigenvalue weighted by Crippen LogP contribution is 2.17. The van der Waals surface area contributed by atoms with E-state index in [-0.39, 0.29) is 36.6 Å². The van der Waals surface area contributed by atoms with Crippen molar-refractivity contribution < 1.29 is 13.2 Å². The summed E-state index contributed by atoms with van der Waals surface area (Å²) in [4.78, 5) is 11.0. The summed E-state index contributed by atoms with van der Waals surface area (Å²) in [5, 5.41) is 0. The van der Waals surface area contributed by atoms with Gasteiger partial charge >= 0.3 is 0 Å². The van der Waals surface area contributed by atoms with E-state index in [9.17, 15) is 13.2 Å². The molecule has 1 aliphatic rings. The van der Waals surface area contributed by atoms with Crippen LogP contribution < -0.4 is 0 Å². The maximum Gasteiger partial charge on any atom is 0.242 e. The summed E-state index contributed by atoms with van der Waals surface area (Å²) in [7, 11) is -3.51. The van der Waals surface area contributed by atoms with Crippen LogP contribution in [0.4, 0.5) is 0 Å². The number of rotatable bonds is 4. The first kappa shape index (κ1) is 12.9. The van der Waals surface area contributed by atoms with Crippen molar-refractivity contribution in [2.24, 2.45) is 0 Å². The maximum absolute atomic E-state index is 11.9. The van der Waals surface area contributed by atoms with Crippen LogP contribution in [0.3, 0.4) is 0 Å². The number of allylic oxidation sites excluding steroid dienone is 3. The van der Waals surface area contributed by atoms with Crippen molar-refractivity contribution in [3.05, 3.63) is 36.3 Å². The molecule has 1 heterocycles. The average molecular weight is 241 g/mol. The third kappa shape index (κ3) is 2.90. The molecule has 0 aromatic rings. The SMILES string of the molecule is C=C/C=C\C(=C)S(=O)(=O)N1CCC(=O)CC1. The molecule has 1 rings (SSSR count). The largest absolute Gasteiger partial charge is 0.300 e. The molecule has 0 aromatic carbocycles. The summed E-state index contributed by atoms with van der Waals surface area (Å²) in [6, 6.07) is 0. The Kier molecular flexibility index (Phi) is 4.20. The first-order valence-corrected chi connectivity index (χ1v) is 6.42. The van der Waals surface area contributed by atoms with Crippen LogP contribution in [0.25, 0.3) is 0 Å². The Labute approximate surface area is 96.0 Å². The van der Waals surface area contributed by atoms with Crippen LogP contribution in [0.2, 0.25) is 0 Å². The third-order valence-electron chi connectivity index (χ3n) is 2.37. The molecule has 0 radical (unpaired) electrons. The van der Waals surface area contributed by atoms with Gasteiger partial charge in [-0.15, -0.1) is 0 Å². The van der Waals surface area contributed by atoms with E-state index >= 15 is 0 Å². The smallest absolute Gasteiger partial charge is 0.242 e. The van der Waals surface area contributed by atoms with Gasteiger partial charge in [-0.25, -0.2) is 8.42 Å². The van der Waals surface area contributed by atoms with E-state index in [4.69, 9.17) is 0 Å². The molecular weight excluding hydrogens is 226 g/mol. The Hall–Kier alpha value is -1.20. The van der Waals surface area contributed by atoms with Crippen molar-refractivity contribution >= 4 is 15.8 Å². The summed E-state index contributed by atoms with van der Waals surface area (Å²) < 4.78 is 25.2.